The molecule has 0 aromatic carbocycles. The summed E-state index contributed by atoms with van der Waals surface area (Å²) in [6.07, 6.45) is 16.5. The van der Waals surface area contributed by atoms with Crippen LogP contribution in [0, 0.1) is 23.7 Å². The van der Waals surface area contributed by atoms with Crippen molar-refractivity contribution >= 4 is 35.8 Å². The van der Waals surface area contributed by atoms with Crippen LogP contribution in [0.25, 0.3) is 0 Å². The van der Waals surface area contributed by atoms with Crippen LogP contribution in [0.4, 0.5) is 0 Å². The Hall–Kier alpha value is -6.06. The highest BCUT2D eigenvalue weighted by Crippen LogP contribution is 2.47. The van der Waals surface area contributed by atoms with Crippen LogP contribution in [0.3, 0.4) is 0 Å². The number of hydrogen-bond acceptors (Lipinski definition) is 16. The van der Waals surface area contributed by atoms with E-state index in [4.69, 9.17) is 37.9 Å². The Labute approximate surface area is 345 Å². The van der Waals surface area contributed by atoms with Gasteiger partial charge in [-0.05, 0) is 49.0 Å². The molecule has 0 radical (unpaired) electrons. The van der Waals surface area contributed by atoms with Crippen LogP contribution in [-0.2, 0) is 66.7 Å². The van der Waals surface area contributed by atoms with Gasteiger partial charge in [-0.15, -0.1) is 0 Å². The molecule has 16 heteroatoms. The molecule has 6 unspecified atom stereocenters. The van der Waals surface area contributed by atoms with E-state index in [0.717, 1.165) is 37.8 Å². The van der Waals surface area contributed by atoms with Gasteiger partial charge in [-0.25, -0.2) is 28.8 Å². The van der Waals surface area contributed by atoms with Gasteiger partial charge in [0.1, 0.15) is 11.1 Å². The lowest BCUT2D eigenvalue weighted by molar-refractivity contribution is -0.409. The van der Waals surface area contributed by atoms with Crippen molar-refractivity contribution in [2.75, 3.05) is 0 Å². The van der Waals surface area contributed by atoms with Crippen LogP contribution in [0.2, 0.25) is 0 Å². The maximum absolute atomic E-state index is 12.9. The molecule has 3 saturated carbocycles. The van der Waals surface area contributed by atoms with Gasteiger partial charge in [0.2, 0.25) is 0 Å². The predicted molar refractivity (Wildman–Crippen MR) is 199 cm³/mol. The highest BCUT2D eigenvalue weighted by molar-refractivity contribution is 6.16. The molecule has 0 amide bonds. The molecule has 4 spiro atoms. The van der Waals surface area contributed by atoms with Crippen LogP contribution in [0.1, 0.15) is 91.9 Å². The maximum Gasteiger partial charge on any atom is 0.348 e. The summed E-state index contributed by atoms with van der Waals surface area (Å²) in [6.45, 7) is 7.77. The van der Waals surface area contributed by atoms with E-state index in [9.17, 15) is 39.0 Å². The third-order valence-electron chi connectivity index (χ3n) is 12.2. The van der Waals surface area contributed by atoms with E-state index in [1.165, 1.54) is 48.6 Å². The molecule has 16 nitrogen and oxygen atoms in total. The standard InChI is InChI=1S/C44H48O16/c1-25-15-17-27(3)43(23-25)57-37(49)31(38(50)58-43)13-9-5-7-11-29-33(45)53-41(54-34(29)46)19-21-42(22-20-41)55-35(47)30(36(48)56-42)12-8-6-10-14-32-39(51)59-44(60-40(32)52)24-26(2)16-18-28(44)4/h5-14,25-28,49,51H,15-24H2,1-4H3/p-2/b7-5+,8-6?,13-9+,14-10?,29-11?,30-12?. The molecule has 0 aromatic heterocycles. The summed E-state index contributed by atoms with van der Waals surface area (Å²) in [5, 5.41) is 25.5. The lowest BCUT2D eigenvalue weighted by Gasteiger charge is -2.51. The molecule has 4 heterocycles. The summed E-state index contributed by atoms with van der Waals surface area (Å²) >= 11 is 0. The first kappa shape index (κ1) is 42.1. The molecule has 60 heavy (non-hydrogen) atoms. The first-order chi connectivity index (χ1) is 28.5. The molecular formula is C44H46O16-2. The van der Waals surface area contributed by atoms with Crippen molar-refractivity contribution in [1.82, 2.24) is 0 Å². The van der Waals surface area contributed by atoms with Crippen LogP contribution in [-0.4, -0.2) is 59.0 Å². The zero-order valence-electron chi connectivity index (χ0n) is 33.7. The van der Waals surface area contributed by atoms with Gasteiger partial charge in [0.15, 0.2) is 11.6 Å². The number of allylic oxidation sites excluding steroid dienone is 8. The Morgan fingerprint density at radius 1 is 0.450 bits per heavy atom. The Balaban J connectivity index is 0.904. The normalized spacial score (nSPS) is 36.2. The number of ether oxygens (including phenoxy) is 8. The van der Waals surface area contributed by atoms with E-state index in [1.54, 1.807) is 0 Å². The summed E-state index contributed by atoms with van der Waals surface area (Å²) in [7, 11) is 0. The topological polar surface area (TPSA) is 222 Å². The number of esters is 6. The molecular weight excluding hydrogens is 784 g/mol. The second kappa shape index (κ2) is 16.2. The quantitative estimate of drug-likeness (QED) is 0.122. The largest absolute Gasteiger partial charge is 0.574 e. The third-order valence-corrected chi connectivity index (χ3v) is 12.2. The van der Waals surface area contributed by atoms with E-state index in [1.807, 2.05) is 27.7 Å². The predicted octanol–water partition coefficient (Wildman–Crippen LogP) is 3.83. The summed E-state index contributed by atoms with van der Waals surface area (Å²) in [5.41, 5.74) is -1.43. The van der Waals surface area contributed by atoms with Crippen LogP contribution < -0.4 is 10.2 Å². The van der Waals surface area contributed by atoms with E-state index in [-0.39, 0.29) is 60.5 Å². The first-order valence-corrected chi connectivity index (χ1v) is 20.2. The monoisotopic (exact) mass is 830 g/mol. The minimum atomic E-state index is -1.68. The lowest BCUT2D eigenvalue weighted by Crippen LogP contribution is -2.56. The van der Waals surface area contributed by atoms with Gasteiger partial charge in [-0.3, -0.25) is 0 Å². The van der Waals surface area contributed by atoms with Crippen molar-refractivity contribution in [2.45, 2.75) is 115 Å². The molecule has 7 rings (SSSR count). The minimum absolute atomic E-state index is 0.141. The Morgan fingerprint density at radius 2 is 0.800 bits per heavy atom. The van der Waals surface area contributed by atoms with Crippen molar-refractivity contribution in [3.05, 3.63) is 94.9 Å². The van der Waals surface area contributed by atoms with Crippen LogP contribution in [0.15, 0.2) is 94.9 Å². The van der Waals surface area contributed by atoms with Gasteiger partial charge in [-0.2, -0.15) is 0 Å². The maximum atomic E-state index is 12.9. The van der Waals surface area contributed by atoms with Crippen molar-refractivity contribution in [3.8, 4) is 0 Å². The average Bonchev–Trinajstić information content (AvgIpc) is 3.16. The number of hydrogen-bond donors (Lipinski definition) is 0. The number of carbonyl (C=O) groups excluding carboxylic acids is 6. The Morgan fingerprint density at radius 3 is 1.13 bits per heavy atom. The fourth-order valence-corrected chi connectivity index (χ4v) is 8.52. The molecule has 3 aliphatic carbocycles. The van der Waals surface area contributed by atoms with Crippen molar-refractivity contribution < 1.29 is 76.9 Å². The molecule has 7 aliphatic rings. The Kier molecular flexibility index (Phi) is 11.3. The van der Waals surface area contributed by atoms with E-state index >= 15 is 0 Å². The SMILES string of the molecule is CC1CCC(C)C2(C1)OC(=O)C(C=CC=CC=C1C(=O)OC3(CCC4(CC3)OC(=O)C(=C/C=C/C=C/C3=C([O-])OC5(CC(C)CCC5C)OC3=O)C(=O)O4)OC1=O)=C([O-])O2. The first-order valence-electron chi connectivity index (χ1n) is 20.2. The highest BCUT2D eigenvalue weighted by atomic mass is 16.8. The summed E-state index contributed by atoms with van der Waals surface area (Å²) in [5.74, 6) is -12.8. The fraction of sp³-hybridized carbons (Fsp3) is 0.500. The average molecular weight is 831 g/mol. The molecule has 0 N–H and O–H groups in total. The van der Waals surface area contributed by atoms with Gasteiger partial charge >= 0.3 is 35.8 Å². The summed E-state index contributed by atoms with van der Waals surface area (Å²) < 4.78 is 44.6. The molecule has 5 fully saturated rings. The van der Waals surface area contributed by atoms with Gasteiger partial charge in [0, 0.05) is 50.4 Å². The third kappa shape index (κ3) is 8.23. The van der Waals surface area contributed by atoms with E-state index in [0.29, 0.717) is 12.8 Å². The van der Waals surface area contributed by atoms with Crippen LogP contribution >= 0.6 is 0 Å². The molecule has 4 aliphatic heterocycles. The zero-order valence-corrected chi connectivity index (χ0v) is 33.7. The number of carbonyl (C=O) groups is 6. The molecule has 0 aromatic rings. The zero-order chi connectivity index (χ0) is 43.0. The molecule has 6 atom stereocenters. The minimum Gasteiger partial charge on any atom is -0.574 e. The molecule has 320 valence electrons. The van der Waals surface area contributed by atoms with Gasteiger partial charge < -0.3 is 48.1 Å². The van der Waals surface area contributed by atoms with Gasteiger partial charge in [0.05, 0.1) is 23.0 Å². The molecule has 0 bridgehead atoms. The second-order valence-electron chi connectivity index (χ2n) is 16.6. The summed E-state index contributed by atoms with van der Waals surface area (Å²) in [6, 6.07) is 0. The summed E-state index contributed by atoms with van der Waals surface area (Å²) in [4.78, 5) is 77.2. The van der Waals surface area contributed by atoms with Crippen molar-refractivity contribution in [2.24, 2.45) is 23.7 Å². The van der Waals surface area contributed by atoms with E-state index < -0.39 is 82.0 Å². The van der Waals surface area contributed by atoms with Gasteiger partial charge in [-0.1, -0.05) is 77.0 Å². The second-order valence-corrected chi connectivity index (χ2v) is 16.6. The fourth-order valence-electron chi connectivity index (χ4n) is 8.52. The highest BCUT2D eigenvalue weighted by Gasteiger charge is 2.57. The smallest absolute Gasteiger partial charge is 0.348 e. The lowest BCUT2D eigenvalue weighted by atomic mass is 9.78. The molecule has 2 saturated heterocycles. The van der Waals surface area contributed by atoms with E-state index in [2.05, 4.69) is 0 Å². The van der Waals surface area contributed by atoms with Crippen molar-refractivity contribution in [1.29, 1.82) is 0 Å². The Bertz CT molecular complexity index is 1910. The van der Waals surface area contributed by atoms with Crippen LogP contribution in [0.5, 0.6) is 0 Å². The number of rotatable bonds is 6. The van der Waals surface area contributed by atoms with Gasteiger partial charge in [0.25, 0.3) is 11.6 Å². The van der Waals surface area contributed by atoms with Crippen molar-refractivity contribution in [3.63, 3.8) is 0 Å².